The first kappa shape index (κ1) is 96.9. The maximum atomic E-state index is 9.60. The van der Waals surface area contributed by atoms with Gasteiger partial charge in [-0.1, -0.05) is 13.8 Å². The minimum atomic E-state index is -0.833. The number of hydrogen-bond acceptors (Lipinski definition) is 10. The molecule has 0 rings (SSSR count). The van der Waals surface area contributed by atoms with Crippen LogP contribution in [-0.4, -0.2) is 300 Å². The fourth-order valence-corrected chi connectivity index (χ4v) is 0.214. The maximum absolute atomic E-state index is 9.60. The zero-order chi connectivity index (χ0) is 30.4. The van der Waals surface area contributed by atoms with Crippen LogP contribution in [0.25, 0.3) is 0 Å². The van der Waals surface area contributed by atoms with Crippen LogP contribution in [-0.2, 0) is 28.8 Å². The van der Waals surface area contributed by atoms with Crippen LogP contribution in [0.1, 0.15) is 60.8 Å². The molecule has 0 unspecified atom stereocenters. The molecule has 0 amide bonds. The van der Waals surface area contributed by atoms with Crippen molar-refractivity contribution in [1.29, 1.82) is 0 Å². The first-order chi connectivity index (χ1) is 15.8. The average molecular weight is 691 g/mol. The monoisotopic (exact) mass is 690 g/mol. The van der Waals surface area contributed by atoms with E-state index in [4.69, 9.17) is 72.8 Å². The summed E-state index contributed by atoms with van der Waals surface area (Å²) in [6.07, 6.45) is 1.25. The van der Waals surface area contributed by atoms with Gasteiger partial charge in [0.05, 0.1) is 0 Å². The van der Waals surface area contributed by atoms with Gasteiger partial charge in [0.15, 0.2) is 0 Å². The van der Waals surface area contributed by atoms with Crippen molar-refractivity contribution in [2.45, 2.75) is 60.8 Å². The van der Waals surface area contributed by atoms with Gasteiger partial charge in [0, 0.05) is 66.7 Å². The molecule has 0 aromatic carbocycles. The third-order valence-electron chi connectivity index (χ3n) is 1.10. The van der Waals surface area contributed by atoms with E-state index >= 15 is 0 Å². The summed E-state index contributed by atoms with van der Waals surface area (Å²) in [6, 6.07) is 0. The molecule has 0 saturated carbocycles. The van der Waals surface area contributed by atoms with Crippen molar-refractivity contribution < 1.29 is 59.4 Å². The molecule has 228 valence electrons. The topological polar surface area (TPSA) is 328 Å². The summed E-state index contributed by atoms with van der Waals surface area (Å²) in [5.41, 5.74) is 19.6. The second kappa shape index (κ2) is 104. The Labute approximate surface area is 404 Å². The molecular formula is C19H53N4Na7O12. The molecule has 0 atom stereocenters. The number of hydrogen-bond donors (Lipinski definition) is 10. The predicted octanol–water partition coefficient (Wildman–Crippen LogP) is -5.02. The molecule has 23 heteroatoms. The Morgan fingerprint density at radius 3 is 0.548 bits per heavy atom. The predicted molar refractivity (Wildman–Crippen MR) is 180 cm³/mol. The zero-order valence-corrected chi connectivity index (χ0v) is 21.4. The van der Waals surface area contributed by atoms with Crippen LogP contribution in [0, 0.1) is 0 Å². The Morgan fingerprint density at radius 1 is 0.429 bits per heavy atom. The van der Waals surface area contributed by atoms with E-state index in [0.717, 1.165) is 34.1 Å². The van der Waals surface area contributed by atoms with Gasteiger partial charge in [0.2, 0.25) is 0 Å². The van der Waals surface area contributed by atoms with Crippen LogP contribution in [0.5, 0.6) is 0 Å². The standard InChI is InChI=1S/C4H8O2.C3H6O2.2C2H8N2.4C2H4O2.7Na.7H/c1-2-3-4(5)6;1-2-3(4)5;2*3-1-2-4;4*1-2(3)4;;;;;;;;;;;;;;/h2-3H2,1H3,(H,5,6);2H2,1H3,(H,4,5);2*1-4H2;4*1H3,(H,3,4);;;;;;;;;;;;;;. The Kier molecular flexibility index (Phi) is 239. The van der Waals surface area contributed by atoms with Crippen LogP contribution in [0.2, 0.25) is 0 Å². The van der Waals surface area contributed by atoms with Gasteiger partial charge >= 0.3 is 219 Å². The summed E-state index contributed by atoms with van der Waals surface area (Å²) in [4.78, 5) is 55.0. The van der Waals surface area contributed by atoms with Crippen LogP contribution in [0.15, 0.2) is 0 Å². The van der Waals surface area contributed by atoms with Gasteiger partial charge in [-0.3, -0.25) is 28.8 Å². The van der Waals surface area contributed by atoms with Crippen molar-refractivity contribution in [2.75, 3.05) is 26.2 Å². The molecule has 0 aromatic rings. The van der Waals surface area contributed by atoms with Crippen molar-refractivity contribution in [3.05, 3.63) is 0 Å². The van der Waals surface area contributed by atoms with E-state index in [-0.39, 0.29) is 213 Å². The Bertz CT molecular complexity index is 446. The van der Waals surface area contributed by atoms with E-state index in [1.54, 1.807) is 6.92 Å². The molecule has 0 aliphatic heterocycles. The van der Waals surface area contributed by atoms with Crippen molar-refractivity contribution in [1.82, 2.24) is 0 Å². The minimum absolute atomic E-state index is 0. The van der Waals surface area contributed by atoms with Crippen molar-refractivity contribution >= 4 is 243 Å². The molecule has 0 spiro atoms. The third-order valence-corrected chi connectivity index (χ3v) is 1.10. The zero-order valence-electron chi connectivity index (χ0n) is 21.4. The normalized spacial score (nSPS) is 5.86. The van der Waals surface area contributed by atoms with Gasteiger partial charge in [0.1, 0.15) is 0 Å². The molecule has 42 heavy (non-hydrogen) atoms. The molecule has 0 aromatic heterocycles. The summed E-state index contributed by atoms with van der Waals surface area (Å²) in [7, 11) is 0. The Hall–Kier alpha value is 3.66. The molecule has 0 aliphatic carbocycles. The molecule has 0 bridgehead atoms. The van der Waals surface area contributed by atoms with Crippen LogP contribution in [0.4, 0.5) is 0 Å². The van der Waals surface area contributed by atoms with Crippen molar-refractivity contribution in [2.24, 2.45) is 22.9 Å². The molecule has 14 N–H and O–H groups in total. The number of carboxylic acid groups (broad SMARTS) is 6. The van der Waals surface area contributed by atoms with Gasteiger partial charge < -0.3 is 53.6 Å². The number of carboxylic acids is 6. The van der Waals surface area contributed by atoms with Gasteiger partial charge in [-0.25, -0.2) is 0 Å². The van der Waals surface area contributed by atoms with E-state index in [0.29, 0.717) is 32.6 Å². The van der Waals surface area contributed by atoms with Crippen LogP contribution < -0.4 is 22.9 Å². The van der Waals surface area contributed by atoms with Gasteiger partial charge in [-0.05, 0) is 6.42 Å². The summed E-state index contributed by atoms with van der Waals surface area (Å²) < 4.78 is 0. The summed E-state index contributed by atoms with van der Waals surface area (Å²) in [5, 5.41) is 45.3. The van der Waals surface area contributed by atoms with E-state index < -0.39 is 35.8 Å². The number of aliphatic carboxylic acids is 6. The van der Waals surface area contributed by atoms with Crippen molar-refractivity contribution in [3.63, 3.8) is 0 Å². The molecule has 0 fully saturated rings. The third kappa shape index (κ3) is 699. The summed E-state index contributed by atoms with van der Waals surface area (Å²) >= 11 is 0. The fourth-order valence-electron chi connectivity index (χ4n) is 0.214. The first-order valence-electron chi connectivity index (χ1n) is 9.82. The number of nitrogens with two attached hydrogens (primary N) is 4. The fraction of sp³-hybridized carbons (Fsp3) is 0.684. The second-order valence-electron chi connectivity index (χ2n) is 5.12. The van der Waals surface area contributed by atoms with E-state index in [1.807, 2.05) is 6.92 Å². The van der Waals surface area contributed by atoms with Gasteiger partial charge in [-0.15, -0.1) is 0 Å². The molecule has 16 nitrogen and oxygen atoms in total. The van der Waals surface area contributed by atoms with E-state index in [2.05, 4.69) is 0 Å². The van der Waals surface area contributed by atoms with E-state index in [9.17, 15) is 9.59 Å². The van der Waals surface area contributed by atoms with Gasteiger partial charge in [0.25, 0.3) is 23.9 Å². The van der Waals surface area contributed by atoms with Crippen molar-refractivity contribution in [3.8, 4) is 0 Å². The number of carbonyl (C=O) groups is 6. The molecule has 0 heterocycles. The molecular weight excluding hydrogens is 637 g/mol. The second-order valence-corrected chi connectivity index (χ2v) is 5.12. The Morgan fingerprint density at radius 2 is 0.548 bits per heavy atom. The average Bonchev–Trinajstić information content (AvgIpc) is 2.67. The molecule has 0 aliphatic rings. The first-order valence-corrected chi connectivity index (χ1v) is 9.82. The SMILES string of the molecule is CC(=O)O.CC(=O)O.CC(=O)O.CC(=O)O.CCC(=O)O.CCCC(=O)O.NCCN.NCCN.[NaH].[NaH].[NaH].[NaH].[NaH].[NaH].[NaH]. The molecule has 0 radical (unpaired) electrons. The molecule has 0 saturated heterocycles. The van der Waals surface area contributed by atoms with Gasteiger partial charge in [-0.2, -0.15) is 0 Å². The Balaban J connectivity index is -0.0000000150. The number of rotatable bonds is 5. The quantitative estimate of drug-likeness (QED) is 0.121. The van der Waals surface area contributed by atoms with Crippen LogP contribution >= 0.6 is 0 Å². The van der Waals surface area contributed by atoms with E-state index in [1.165, 1.54) is 0 Å². The summed E-state index contributed by atoms with van der Waals surface area (Å²) in [5.74, 6) is -4.79. The summed E-state index contributed by atoms with van der Waals surface area (Å²) in [6.45, 7) is 10.2. The van der Waals surface area contributed by atoms with Crippen LogP contribution in [0.3, 0.4) is 0 Å².